The SMILES string of the molecule is C=CCn1c(SCC(=O)Nc2sccc2C(=O)OC)nnc1C(C)Oc1cccc(C)c1. The van der Waals surface area contributed by atoms with Gasteiger partial charge in [0.15, 0.2) is 17.1 Å². The lowest BCUT2D eigenvalue weighted by Gasteiger charge is -2.16. The van der Waals surface area contributed by atoms with Gasteiger partial charge in [0.2, 0.25) is 5.91 Å². The molecule has 32 heavy (non-hydrogen) atoms. The highest BCUT2D eigenvalue weighted by Crippen LogP contribution is 2.27. The predicted octanol–water partition coefficient (Wildman–Crippen LogP) is 4.49. The second kappa shape index (κ2) is 11.0. The number of methoxy groups -OCH3 is 1. The van der Waals surface area contributed by atoms with E-state index in [1.807, 2.05) is 42.7 Å². The van der Waals surface area contributed by atoms with Crippen LogP contribution in [0, 0.1) is 6.92 Å². The van der Waals surface area contributed by atoms with Gasteiger partial charge < -0.3 is 14.8 Å². The van der Waals surface area contributed by atoms with Crippen molar-refractivity contribution in [1.82, 2.24) is 14.8 Å². The maximum absolute atomic E-state index is 12.5. The first-order valence-electron chi connectivity index (χ1n) is 9.78. The molecule has 1 unspecified atom stereocenters. The van der Waals surface area contributed by atoms with Crippen molar-refractivity contribution < 1.29 is 19.1 Å². The zero-order valence-electron chi connectivity index (χ0n) is 18.0. The number of rotatable bonds is 10. The molecule has 0 fully saturated rings. The van der Waals surface area contributed by atoms with Crippen LogP contribution in [-0.2, 0) is 16.1 Å². The maximum atomic E-state index is 12.5. The molecule has 0 saturated heterocycles. The second-order valence-electron chi connectivity index (χ2n) is 6.81. The molecule has 2 heterocycles. The number of aromatic nitrogens is 3. The van der Waals surface area contributed by atoms with Crippen molar-refractivity contribution in [2.24, 2.45) is 0 Å². The molecule has 0 saturated carbocycles. The van der Waals surface area contributed by atoms with E-state index < -0.39 is 5.97 Å². The van der Waals surface area contributed by atoms with Gasteiger partial charge in [-0.25, -0.2) is 4.79 Å². The van der Waals surface area contributed by atoms with E-state index in [1.54, 1.807) is 17.5 Å². The first-order chi connectivity index (χ1) is 15.4. The Morgan fingerprint density at radius 1 is 1.34 bits per heavy atom. The molecule has 168 valence electrons. The number of allylic oxidation sites excluding steroid dienone is 1. The number of aryl methyl sites for hydroxylation is 1. The molecule has 3 rings (SSSR count). The summed E-state index contributed by atoms with van der Waals surface area (Å²) in [5.74, 6) is 0.728. The molecule has 1 aromatic carbocycles. The van der Waals surface area contributed by atoms with Crippen molar-refractivity contribution >= 4 is 40.0 Å². The summed E-state index contributed by atoms with van der Waals surface area (Å²) in [6.07, 6.45) is 1.39. The first-order valence-corrected chi connectivity index (χ1v) is 11.6. The lowest BCUT2D eigenvalue weighted by molar-refractivity contribution is -0.113. The van der Waals surface area contributed by atoms with Crippen LogP contribution < -0.4 is 10.1 Å². The van der Waals surface area contributed by atoms with Crippen LogP contribution in [0.4, 0.5) is 5.00 Å². The van der Waals surface area contributed by atoms with Gasteiger partial charge in [0.25, 0.3) is 0 Å². The number of carbonyl (C=O) groups is 2. The van der Waals surface area contributed by atoms with E-state index in [-0.39, 0.29) is 17.8 Å². The van der Waals surface area contributed by atoms with E-state index in [1.165, 1.54) is 30.2 Å². The summed E-state index contributed by atoms with van der Waals surface area (Å²) in [5.41, 5.74) is 1.43. The molecule has 0 bridgehead atoms. The van der Waals surface area contributed by atoms with Crippen LogP contribution in [0.3, 0.4) is 0 Å². The Bertz CT molecular complexity index is 1110. The number of esters is 1. The number of amides is 1. The lowest BCUT2D eigenvalue weighted by Crippen LogP contribution is -2.16. The Morgan fingerprint density at radius 3 is 2.88 bits per heavy atom. The van der Waals surface area contributed by atoms with Crippen molar-refractivity contribution in [3.05, 3.63) is 65.3 Å². The molecule has 8 nitrogen and oxygen atoms in total. The van der Waals surface area contributed by atoms with Crippen molar-refractivity contribution in [3.8, 4) is 5.75 Å². The molecule has 0 aliphatic rings. The Kier molecular flexibility index (Phi) is 8.07. The van der Waals surface area contributed by atoms with Gasteiger partial charge in [-0.05, 0) is 43.0 Å². The first kappa shape index (κ1) is 23.6. The topological polar surface area (TPSA) is 95.3 Å². The van der Waals surface area contributed by atoms with Gasteiger partial charge >= 0.3 is 5.97 Å². The number of thiophene rings is 1. The molecular weight excluding hydrogens is 448 g/mol. The average molecular weight is 473 g/mol. The molecule has 2 aromatic heterocycles. The number of hydrogen-bond donors (Lipinski definition) is 1. The van der Waals surface area contributed by atoms with Crippen LogP contribution >= 0.6 is 23.1 Å². The summed E-state index contributed by atoms with van der Waals surface area (Å²) in [7, 11) is 1.30. The number of thioether (sulfide) groups is 1. The van der Waals surface area contributed by atoms with E-state index in [0.29, 0.717) is 28.1 Å². The van der Waals surface area contributed by atoms with Crippen molar-refractivity contribution in [2.75, 3.05) is 18.2 Å². The summed E-state index contributed by atoms with van der Waals surface area (Å²) in [6, 6.07) is 9.40. The maximum Gasteiger partial charge on any atom is 0.340 e. The summed E-state index contributed by atoms with van der Waals surface area (Å²) in [5, 5.41) is 14.0. The van der Waals surface area contributed by atoms with Gasteiger partial charge in [0.1, 0.15) is 10.8 Å². The van der Waals surface area contributed by atoms with Gasteiger partial charge in [-0.15, -0.1) is 28.1 Å². The highest BCUT2D eigenvalue weighted by atomic mass is 32.2. The molecule has 0 aliphatic carbocycles. The predicted molar refractivity (Wildman–Crippen MR) is 125 cm³/mol. The van der Waals surface area contributed by atoms with Crippen LogP contribution in [0.2, 0.25) is 0 Å². The summed E-state index contributed by atoms with van der Waals surface area (Å²) < 4.78 is 12.6. The minimum absolute atomic E-state index is 0.0981. The number of hydrogen-bond acceptors (Lipinski definition) is 8. The monoisotopic (exact) mass is 472 g/mol. The van der Waals surface area contributed by atoms with Gasteiger partial charge in [-0.2, -0.15) is 0 Å². The number of anilines is 1. The standard InChI is InChI=1S/C22H24N4O4S2/c1-5-10-26-19(15(3)30-16-8-6-7-14(2)12-16)24-25-22(26)32-13-18(27)23-20-17(9-11-31-20)21(28)29-4/h5-9,11-12,15H,1,10,13H2,2-4H3,(H,23,27). The fourth-order valence-electron chi connectivity index (χ4n) is 2.92. The van der Waals surface area contributed by atoms with Gasteiger partial charge in [0.05, 0.1) is 18.4 Å². The van der Waals surface area contributed by atoms with E-state index in [0.717, 1.165) is 11.3 Å². The number of nitrogens with one attached hydrogen (secondary N) is 1. The van der Waals surface area contributed by atoms with Crippen molar-refractivity contribution in [3.63, 3.8) is 0 Å². The zero-order valence-corrected chi connectivity index (χ0v) is 19.7. The van der Waals surface area contributed by atoms with E-state index in [4.69, 9.17) is 9.47 Å². The molecule has 0 radical (unpaired) electrons. The minimum atomic E-state index is -0.493. The quantitative estimate of drug-likeness (QED) is 0.264. The molecular formula is C22H24N4O4S2. The second-order valence-corrected chi connectivity index (χ2v) is 8.67. The van der Waals surface area contributed by atoms with E-state index in [9.17, 15) is 9.59 Å². The van der Waals surface area contributed by atoms with Crippen molar-refractivity contribution in [2.45, 2.75) is 31.7 Å². The summed E-state index contributed by atoms with van der Waals surface area (Å²) in [4.78, 5) is 24.2. The molecule has 1 N–H and O–H groups in total. The third-order valence-electron chi connectivity index (χ3n) is 4.38. The fourth-order valence-corrected chi connectivity index (χ4v) is 4.47. The van der Waals surface area contributed by atoms with Crippen LogP contribution in [0.15, 0.2) is 53.5 Å². The number of ether oxygens (including phenoxy) is 2. The van der Waals surface area contributed by atoms with Gasteiger partial charge in [0, 0.05) is 6.54 Å². The third kappa shape index (κ3) is 5.77. The lowest BCUT2D eigenvalue weighted by atomic mass is 10.2. The summed E-state index contributed by atoms with van der Waals surface area (Å²) in [6.45, 7) is 8.18. The largest absolute Gasteiger partial charge is 0.483 e. The molecule has 0 spiro atoms. The fraction of sp³-hybridized carbons (Fsp3) is 0.273. The van der Waals surface area contributed by atoms with Crippen LogP contribution in [-0.4, -0.2) is 39.5 Å². The zero-order chi connectivity index (χ0) is 23.1. The number of carbonyl (C=O) groups excluding carboxylic acids is 2. The Hall–Kier alpha value is -3.11. The summed E-state index contributed by atoms with van der Waals surface area (Å²) >= 11 is 2.51. The third-order valence-corrected chi connectivity index (χ3v) is 6.18. The highest BCUT2D eigenvalue weighted by Gasteiger charge is 2.21. The number of nitrogens with zero attached hydrogens (tertiary/aromatic N) is 3. The molecule has 10 heteroatoms. The Morgan fingerprint density at radius 2 is 2.16 bits per heavy atom. The molecule has 1 atom stereocenters. The smallest absolute Gasteiger partial charge is 0.340 e. The Balaban J connectivity index is 1.67. The molecule has 1 amide bonds. The average Bonchev–Trinajstić information content (AvgIpc) is 3.39. The molecule has 0 aliphatic heterocycles. The van der Waals surface area contributed by atoms with Crippen LogP contribution in [0.1, 0.15) is 34.8 Å². The normalized spacial score (nSPS) is 11.6. The Labute approximate surface area is 194 Å². The van der Waals surface area contributed by atoms with E-state index in [2.05, 4.69) is 22.1 Å². The highest BCUT2D eigenvalue weighted by molar-refractivity contribution is 7.99. The van der Waals surface area contributed by atoms with Crippen molar-refractivity contribution in [1.29, 1.82) is 0 Å². The van der Waals surface area contributed by atoms with E-state index >= 15 is 0 Å². The number of benzene rings is 1. The van der Waals surface area contributed by atoms with Crippen LogP contribution in [0.25, 0.3) is 0 Å². The van der Waals surface area contributed by atoms with Crippen LogP contribution in [0.5, 0.6) is 5.75 Å². The molecule has 3 aromatic rings. The van der Waals surface area contributed by atoms with Gasteiger partial charge in [-0.1, -0.05) is 30.0 Å². The van der Waals surface area contributed by atoms with Gasteiger partial charge in [-0.3, -0.25) is 9.36 Å². The minimum Gasteiger partial charge on any atom is -0.483 e.